The molecule has 1 aromatic carbocycles. The molecule has 0 unspecified atom stereocenters. The number of hydrogen-bond donors (Lipinski definition) is 1. The smallest absolute Gasteiger partial charge is 0.121 e. The molecule has 1 N–H and O–H groups in total. The molecule has 1 nitrogen and oxygen atoms in total. The van der Waals surface area contributed by atoms with Crippen LogP contribution in [0, 0.1) is 0 Å². The van der Waals surface area contributed by atoms with E-state index in [-0.39, 0.29) is 0 Å². The van der Waals surface area contributed by atoms with E-state index < -0.39 is 0 Å². The van der Waals surface area contributed by atoms with E-state index in [1.807, 2.05) is 0 Å². The van der Waals surface area contributed by atoms with Gasteiger partial charge in [0.2, 0.25) is 0 Å². The lowest BCUT2D eigenvalue weighted by Gasteiger charge is -2.11. The van der Waals surface area contributed by atoms with Crippen molar-refractivity contribution in [1.82, 2.24) is 0 Å². The molecule has 0 aliphatic carbocycles. The lowest BCUT2D eigenvalue weighted by atomic mass is 9.97. The fourth-order valence-electron chi connectivity index (χ4n) is 2.27. The van der Waals surface area contributed by atoms with Crippen molar-refractivity contribution in [2.45, 2.75) is 65.7 Å². The van der Waals surface area contributed by atoms with E-state index in [1.165, 1.54) is 31.2 Å². The van der Waals surface area contributed by atoms with Crippen LogP contribution in [0.4, 0.5) is 0 Å². The Morgan fingerprint density at radius 1 is 0.882 bits per heavy atom. The minimum absolute atomic E-state index is 0.521. The number of rotatable bonds is 7. The van der Waals surface area contributed by atoms with Crippen LogP contribution < -0.4 is 0 Å². The van der Waals surface area contributed by atoms with E-state index in [9.17, 15) is 5.11 Å². The van der Waals surface area contributed by atoms with Crippen molar-refractivity contribution in [3.05, 3.63) is 28.8 Å². The second-order valence-corrected chi connectivity index (χ2v) is 4.78. The quantitative estimate of drug-likeness (QED) is 0.681. The maximum absolute atomic E-state index is 10.0. The van der Waals surface area contributed by atoms with E-state index in [2.05, 4.69) is 32.9 Å². The van der Waals surface area contributed by atoms with Gasteiger partial charge in [0.05, 0.1) is 0 Å². The molecule has 0 heterocycles. The van der Waals surface area contributed by atoms with Crippen LogP contribution in [0.15, 0.2) is 12.1 Å². The molecule has 0 bridgehead atoms. The van der Waals surface area contributed by atoms with Gasteiger partial charge in [0.1, 0.15) is 5.75 Å². The molecular weight excluding hydrogens is 208 g/mol. The summed E-state index contributed by atoms with van der Waals surface area (Å²) < 4.78 is 0. The van der Waals surface area contributed by atoms with Crippen LogP contribution in [0.3, 0.4) is 0 Å². The van der Waals surface area contributed by atoms with Gasteiger partial charge in [-0.15, -0.1) is 0 Å². The van der Waals surface area contributed by atoms with Crippen molar-refractivity contribution in [3.63, 3.8) is 0 Å². The third kappa shape index (κ3) is 4.07. The van der Waals surface area contributed by atoms with Crippen molar-refractivity contribution in [2.75, 3.05) is 0 Å². The Bertz CT molecular complexity index is 316. The van der Waals surface area contributed by atoms with Crippen molar-refractivity contribution in [2.24, 2.45) is 0 Å². The van der Waals surface area contributed by atoms with Crippen molar-refractivity contribution in [1.29, 1.82) is 0 Å². The molecule has 0 aromatic heterocycles. The fourth-order valence-corrected chi connectivity index (χ4v) is 2.27. The van der Waals surface area contributed by atoms with E-state index >= 15 is 0 Å². The number of aryl methyl sites for hydroxylation is 3. The molecule has 0 spiro atoms. The Hall–Kier alpha value is -0.980. The molecule has 1 rings (SSSR count). The topological polar surface area (TPSA) is 20.2 Å². The summed E-state index contributed by atoms with van der Waals surface area (Å²) in [5.41, 5.74) is 3.61. The number of hydrogen-bond acceptors (Lipinski definition) is 1. The van der Waals surface area contributed by atoms with Gasteiger partial charge in [-0.05, 0) is 42.4 Å². The van der Waals surface area contributed by atoms with Gasteiger partial charge in [-0.25, -0.2) is 0 Å². The normalized spacial score (nSPS) is 10.8. The molecule has 0 saturated carbocycles. The first kappa shape index (κ1) is 14.1. The average molecular weight is 234 g/mol. The first-order valence-corrected chi connectivity index (χ1v) is 7.06. The zero-order valence-electron chi connectivity index (χ0n) is 11.6. The van der Waals surface area contributed by atoms with Crippen LogP contribution in [-0.2, 0) is 19.3 Å². The minimum atomic E-state index is 0.521. The molecular formula is C16H26O. The van der Waals surface area contributed by atoms with Crippen LogP contribution in [0.2, 0.25) is 0 Å². The van der Waals surface area contributed by atoms with E-state index in [1.54, 1.807) is 0 Å². The number of phenols is 1. The van der Waals surface area contributed by atoms with Crippen LogP contribution in [0.5, 0.6) is 5.75 Å². The second kappa shape index (κ2) is 7.37. The zero-order chi connectivity index (χ0) is 12.7. The summed E-state index contributed by atoms with van der Waals surface area (Å²) in [4.78, 5) is 0. The van der Waals surface area contributed by atoms with Gasteiger partial charge in [0.15, 0.2) is 0 Å². The molecule has 1 aromatic rings. The van der Waals surface area contributed by atoms with Gasteiger partial charge in [-0.3, -0.25) is 0 Å². The van der Waals surface area contributed by atoms with Crippen LogP contribution in [0.25, 0.3) is 0 Å². The standard InChI is InChI=1S/C16H26O/c1-4-7-8-9-10-13-11-14(5-2)16(17)15(6-3)12-13/h11-12,17H,4-10H2,1-3H3. The predicted molar refractivity (Wildman–Crippen MR) is 74.7 cm³/mol. The summed E-state index contributed by atoms with van der Waals surface area (Å²) in [5.74, 6) is 0.521. The van der Waals surface area contributed by atoms with Gasteiger partial charge in [0.25, 0.3) is 0 Å². The Labute approximate surface area is 106 Å². The van der Waals surface area contributed by atoms with Gasteiger partial charge in [-0.1, -0.05) is 52.2 Å². The molecule has 96 valence electrons. The lowest BCUT2D eigenvalue weighted by Crippen LogP contribution is -1.94. The largest absolute Gasteiger partial charge is 0.507 e. The molecule has 0 radical (unpaired) electrons. The summed E-state index contributed by atoms with van der Waals surface area (Å²) in [5, 5.41) is 10.0. The number of aromatic hydroxyl groups is 1. The highest BCUT2D eigenvalue weighted by molar-refractivity contribution is 5.43. The highest BCUT2D eigenvalue weighted by Gasteiger charge is 2.07. The minimum Gasteiger partial charge on any atom is -0.507 e. The van der Waals surface area contributed by atoms with Crippen LogP contribution in [0.1, 0.15) is 63.1 Å². The maximum atomic E-state index is 10.0. The molecule has 1 heteroatoms. The van der Waals surface area contributed by atoms with E-state index in [0.717, 1.165) is 30.4 Å². The lowest BCUT2D eigenvalue weighted by molar-refractivity contribution is 0.462. The summed E-state index contributed by atoms with van der Waals surface area (Å²) >= 11 is 0. The highest BCUT2D eigenvalue weighted by atomic mass is 16.3. The predicted octanol–water partition coefficient (Wildman–Crippen LogP) is 4.64. The molecule has 0 fully saturated rings. The van der Waals surface area contributed by atoms with Gasteiger partial charge in [0, 0.05) is 0 Å². The zero-order valence-corrected chi connectivity index (χ0v) is 11.6. The van der Waals surface area contributed by atoms with Crippen molar-refractivity contribution < 1.29 is 5.11 Å². The molecule has 0 aliphatic heterocycles. The Balaban J connectivity index is 2.71. The van der Waals surface area contributed by atoms with Crippen molar-refractivity contribution >= 4 is 0 Å². The average Bonchev–Trinajstić information content (AvgIpc) is 2.36. The first-order chi connectivity index (χ1) is 8.22. The Morgan fingerprint density at radius 2 is 1.47 bits per heavy atom. The molecule has 0 amide bonds. The maximum Gasteiger partial charge on any atom is 0.121 e. The Morgan fingerprint density at radius 3 is 1.94 bits per heavy atom. The molecule has 17 heavy (non-hydrogen) atoms. The third-order valence-electron chi connectivity index (χ3n) is 3.41. The number of benzene rings is 1. The fraction of sp³-hybridized carbons (Fsp3) is 0.625. The molecule has 0 aliphatic rings. The van der Waals surface area contributed by atoms with Crippen LogP contribution >= 0.6 is 0 Å². The summed E-state index contributed by atoms with van der Waals surface area (Å²) in [6, 6.07) is 4.36. The van der Waals surface area contributed by atoms with E-state index in [4.69, 9.17) is 0 Å². The van der Waals surface area contributed by atoms with E-state index in [0.29, 0.717) is 5.75 Å². The van der Waals surface area contributed by atoms with Gasteiger partial charge in [-0.2, -0.15) is 0 Å². The van der Waals surface area contributed by atoms with Crippen LogP contribution in [-0.4, -0.2) is 5.11 Å². The monoisotopic (exact) mass is 234 g/mol. The molecule has 0 atom stereocenters. The Kier molecular flexibility index (Phi) is 6.10. The summed E-state index contributed by atoms with van der Waals surface area (Å²) in [6.45, 7) is 6.45. The summed E-state index contributed by atoms with van der Waals surface area (Å²) in [6.07, 6.45) is 8.20. The number of phenolic OH excluding ortho intramolecular Hbond substituents is 1. The SMILES string of the molecule is CCCCCCc1cc(CC)c(O)c(CC)c1. The van der Waals surface area contributed by atoms with Crippen molar-refractivity contribution in [3.8, 4) is 5.75 Å². The summed E-state index contributed by atoms with van der Waals surface area (Å²) in [7, 11) is 0. The second-order valence-electron chi connectivity index (χ2n) is 4.78. The molecule has 0 saturated heterocycles. The first-order valence-electron chi connectivity index (χ1n) is 7.06. The van der Waals surface area contributed by atoms with Gasteiger partial charge < -0.3 is 5.11 Å². The van der Waals surface area contributed by atoms with Gasteiger partial charge >= 0.3 is 0 Å². The highest BCUT2D eigenvalue weighted by Crippen LogP contribution is 2.26. The number of unbranched alkanes of at least 4 members (excludes halogenated alkanes) is 3. The third-order valence-corrected chi connectivity index (χ3v) is 3.41.